The lowest BCUT2D eigenvalue weighted by Gasteiger charge is -2.23. The van der Waals surface area contributed by atoms with Crippen LogP contribution >= 0.6 is 11.3 Å². The number of nitrogens with zero attached hydrogens (tertiary/aromatic N) is 1. The quantitative estimate of drug-likeness (QED) is 0.806. The molecule has 4 heteroatoms. The largest absolute Gasteiger partial charge is 0.370 e. The number of hydrogen-bond acceptors (Lipinski definition) is 4. The Morgan fingerprint density at radius 2 is 2.43 bits per heavy atom. The van der Waals surface area contributed by atoms with E-state index < -0.39 is 0 Å². The topological polar surface area (TPSA) is 34.2 Å². The van der Waals surface area contributed by atoms with Crippen molar-refractivity contribution in [1.29, 1.82) is 0 Å². The maximum Gasteiger partial charge on any atom is 0.106 e. The van der Waals surface area contributed by atoms with Gasteiger partial charge < -0.3 is 10.1 Å². The summed E-state index contributed by atoms with van der Waals surface area (Å²) in [5.41, 5.74) is 3.27. The summed E-state index contributed by atoms with van der Waals surface area (Å²) in [7, 11) is 0. The molecule has 1 saturated heterocycles. The van der Waals surface area contributed by atoms with Crippen molar-refractivity contribution in [3.05, 3.63) is 16.1 Å². The van der Waals surface area contributed by atoms with Crippen molar-refractivity contribution in [2.75, 3.05) is 19.7 Å². The van der Waals surface area contributed by atoms with Crippen LogP contribution in [0.4, 0.5) is 0 Å². The van der Waals surface area contributed by atoms with Crippen LogP contribution in [0.2, 0.25) is 0 Å². The Morgan fingerprint density at radius 1 is 1.50 bits per heavy atom. The summed E-state index contributed by atoms with van der Waals surface area (Å²) in [6.45, 7) is 2.75. The van der Waals surface area contributed by atoms with E-state index >= 15 is 0 Å². The molecule has 0 amide bonds. The third kappa shape index (κ3) is 1.58. The lowest BCUT2D eigenvalue weighted by molar-refractivity contribution is 0.0293. The molecule has 1 atom stereocenters. The normalized spacial score (nSPS) is 27.9. The molecule has 1 unspecified atom stereocenters. The molecule has 2 aliphatic rings. The van der Waals surface area contributed by atoms with Gasteiger partial charge in [0.15, 0.2) is 0 Å². The monoisotopic (exact) mass is 210 g/mol. The Balaban J connectivity index is 1.82. The number of thiazole rings is 1. The van der Waals surface area contributed by atoms with Gasteiger partial charge in [0.2, 0.25) is 0 Å². The van der Waals surface area contributed by atoms with Crippen LogP contribution in [-0.2, 0) is 4.74 Å². The zero-order valence-electron chi connectivity index (χ0n) is 8.03. The standard InChI is InChI=1S/C10H14N2OS/c1-2-7(1)9-10(14-6-12-9)8-5-11-3-4-13-8/h6-8,11H,1-5H2. The van der Waals surface area contributed by atoms with Crippen molar-refractivity contribution >= 4 is 11.3 Å². The fourth-order valence-corrected chi connectivity index (χ4v) is 2.83. The van der Waals surface area contributed by atoms with E-state index in [1.54, 1.807) is 11.3 Å². The van der Waals surface area contributed by atoms with Gasteiger partial charge in [-0.2, -0.15) is 0 Å². The highest BCUT2D eigenvalue weighted by atomic mass is 32.1. The SMILES string of the molecule is c1nc(C2CC2)c(C2CNCCO2)s1. The summed E-state index contributed by atoms with van der Waals surface area (Å²) in [4.78, 5) is 5.82. The number of nitrogens with one attached hydrogen (secondary N) is 1. The van der Waals surface area contributed by atoms with Gasteiger partial charge in [-0.1, -0.05) is 0 Å². The van der Waals surface area contributed by atoms with E-state index in [0.29, 0.717) is 0 Å². The Morgan fingerprint density at radius 3 is 3.14 bits per heavy atom. The van der Waals surface area contributed by atoms with Crippen molar-refractivity contribution < 1.29 is 4.74 Å². The fraction of sp³-hybridized carbons (Fsp3) is 0.700. The molecule has 1 aromatic rings. The van der Waals surface area contributed by atoms with E-state index in [-0.39, 0.29) is 6.10 Å². The summed E-state index contributed by atoms with van der Waals surface area (Å²) in [6, 6.07) is 0. The molecular weight excluding hydrogens is 196 g/mol. The molecule has 1 aliphatic heterocycles. The predicted octanol–water partition coefficient (Wildman–Crippen LogP) is 1.68. The van der Waals surface area contributed by atoms with E-state index in [0.717, 1.165) is 25.6 Å². The van der Waals surface area contributed by atoms with Crippen LogP contribution in [0.3, 0.4) is 0 Å². The maximum absolute atomic E-state index is 5.75. The zero-order chi connectivity index (χ0) is 9.38. The van der Waals surface area contributed by atoms with Gasteiger partial charge in [0.1, 0.15) is 6.10 Å². The molecule has 2 fully saturated rings. The van der Waals surface area contributed by atoms with Crippen molar-refractivity contribution in [3.63, 3.8) is 0 Å². The number of rotatable bonds is 2. The van der Waals surface area contributed by atoms with Crippen molar-refractivity contribution in [2.45, 2.75) is 24.9 Å². The average Bonchev–Trinajstić information content (AvgIpc) is 2.98. The molecule has 76 valence electrons. The first-order chi connectivity index (χ1) is 6.95. The number of aromatic nitrogens is 1. The minimum absolute atomic E-state index is 0.256. The summed E-state index contributed by atoms with van der Waals surface area (Å²) < 4.78 is 5.75. The first kappa shape index (κ1) is 8.83. The van der Waals surface area contributed by atoms with Gasteiger partial charge in [0.05, 0.1) is 22.7 Å². The summed E-state index contributed by atoms with van der Waals surface area (Å²) in [5.74, 6) is 0.738. The second kappa shape index (κ2) is 3.61. The number of morpholine rings is 1. The molecule has 3 rings (SSSR count). The van der Waals surface area contributed by atoms with Crippen LogP contribution in [-0.4, -0.2) is 24.7 Å². The summed E-state index contributed by atoms with van der Waals surface area (Å²) in [5, 5.41) is 3.36. The first-order valence-corrected chi connectivity index (χ1v) is 6.08. The van der Waals surface area contributed by atoms with Crippen LogP contribution in [0.25, 0.3) is 0 Å². The van der Waals surface area contributed by atoms with Crippen molar-refractivity contribution in [3.8, 4) is 0 Å². The Bertz CT molecular complexity index is 316. The zero-order valence-corrected chi connectivity index (χ0v) is 8.85. The Hall–Kier alpha value is -0.450. The van der Waals surface area contributed by atoms with Gasteiger partial charge >= 0.3 is 0 Å². The molecule has 1 N–H and O–H groups in total. The second-order valence-electron chi connectivity index (χ2n) is 3.94. The minimum Gasteiger partial charge on any atom is -0.370 e. The van der Waals surface area contributed by atoms with Gasteiger partial charge in [-0.25, -0.2) is 4.98 Å². The van der Waals surface area contributed by atoms with Crippen LogP contribution in [0.15, 0.2) is 5.51 Å². The fourth-order valence-electron chi connectivity index (χ4n) is 1.90. The molecule has 1 aliphatic carbocycles. The molecule has 0 aromatic carbocycles. The lowest BCUT2D eigenvalue weighted by Crippen LogP contribution is -2.33. The summed E-state index contributed by atoms with van der Waals surface area (Å²) in [6.07, 6.45) is 2.89. The molecule has 14 heavy (non-hydrogen) atoms. The third-order valence-corrected chi connectivity index (χ3v) is 3.74. The smallest absolute Gasteiger partial charge is 0.106 e. The molecular formula is C10H14N2OS. The maximum atomic E-state index is 5.75. The summed E-state index contributed by atoms with van der Waals surface area (Å²) >= 11 is 1.75. The van der Waals surface area contributed by atoms with Gasteiger partial charge in [-0.3, -0.25) is 0 Å². The van der Waals surface area contributed by atoms with E-state index in [2.05, 4.69) is 10.3 Å². The third-order valence-electron chi connectivity index (χ3n) is 2.81. The van der Waals surface area contributed by atoms with Gasteiger partial charge in [0, 0.05) is 19.0 Å². The van der Waals surface area contributed by atoms with Gasteiger partial charge in [-0.15, -0.1) is 11.3 Å². The second-order valence-corrected chi connectivity index (χ2v) is 4.83. The van der Waals surface area contributed by atoms with Crippen LogP contribution in [0.1, 0.15) is 35.4 Å². The Kier molecular flexibility index (Phi) is 2.27. The molecule has 1 aromatic heterocycles. The first-order valence-electron chi connectivity index (χ1n) is 5.21. The molecule has 0 spiro atoms. The van der Waals surface area contributed by atoms with E-state index in [9.17, 15) is 0 Å². The van der Waals surface area contributed by atoms with Crippen LogP contribution in [0, 0.1) is 0 Å². The molecule has 3 nitrogen and oxygen atoms in total. The highest BCUT2D eigenvalue weighted by Crippen LogP contribution is 2.44. The average molecular weight is 210 g/mol. The molecule has 1 saturated carbocycles. The molecule has 0 radical (unpaired) electrons. The highest BCUT2D eigenvalue weighted by molar-refractivity contribution is 7.09. The van der Waals surface area contributed by atoms with Gasteiger partial charge in [0.25, 0.3) is 0 Å². The van der Waals surface area contributed by atoms with Gasteiger partial charge in [-0.05, 0) is 12.8 Å². The van der Waals surface area contributed by atoms with Crippen molar-refractivity contribution in [2.24, 2.45) is 0 Å². The van der Waals surface area contributed by atoms with E-state index in [4.69, 9.17) is 4.74 Å². The van der Waals surface area contributed by atoms with Crippen LogP contribution in [0.5, 0.6) is 0 Å². The lowest BCUT2D eigenvalue weighted by atomic mass is 10.1. The van der Waals surface area contributed by atoms with Crippen molar-refractivity contribution in [1.82, 2.24) is 10.3 Å². The Labute approximate surface area is 87.5 Å². The highest BCUT2D eigenvalue weighted by Gasteiger charge is 2.31. The van der Waals surface area contributed by atoms with E-state index in [1.807, 2.05) is 5.51 Å². The minimum atomic E-state index is 0.256. The predicted molar refractivity (Wildman–Crippen MR) is 55.7 cm³/mol. The number of ether oxygens (including phenoxy) is 1. The van der Waals surface area contributed by atoms with Crippen LogP contribution < -0.4 is 5.32 Å². The molecule has 2 heterocycles. The number of hydrogen-bond donors (Lipinski definition) is 1. The van der Waals surface area contributed by atoms with E-state index in [1.165, 1.54) is 23.4 Å². The molecule has 0 bridgehead atoms.